The maximum absolute atomic E-state index is 13.2. The minimum atomic E-state index is 0.0233. The van der Waals surface area contributed by atoms with Gasteiger partial charge in [0.05, 0.1) is 11.4 Å². The highest BCUT2D eigenvalue weighted by Crippen LogP contribution is 2.35. The van der Waals surface area contributed by atoms with Gasteiger partial charge in [0, 0.05) is 38.3 Å². The van der Waals surface area contributed by atoms with Crippen LogP contribution in [0.3, 0.4) is 0 Å². The molecule has 40 heavy (non-hydrogen) atoms. The summed E-state index contributed by atoms with van der Waals surface area (Å²) in [5, 5.41) is 17.4. The third kappa shape index (κ3) is 6.09. The van der Waals surface area contributed by atoms with Crippen molar-refractivity contribution >= 4 is 38.2 Å². The lowest BCUT2D eigenvalue weighted by atomic mass is 9.92. The van der Waals surface area contributed by atoms with E-state index in [0.29, 0.717) is 6.54 Å². The van der Waals surface area contributed by atoms with Gasteiger partial charge >= 0.3 is 0 Å². The first-order valence-electron chi connectivity index (χ1n) is 14.8. The van der Waals surface area contributed by atoms with Gasteiger partial charge in [-0.2, -0.15) is 0 Å². The first-order valence-corrected chi connectivity index (χ1v) is 14.8. The zero-order chi connectivity index (χ0) is 27.1. The summed E-state index contributed by atoms with van der Waals surface area (Å²) < 4.78 is 0. The highest BCUT2D eigenvalue weighted by molar-refractivity contribution is 6.26. The summed E-state index contributed by atoms with van der Waals surface area (Å²) in [5.41, 5.74) is 2.99. The van der Waals surface area contributed by atoms with E-state index in [1.807, 2.05) is 6.07 Å². The van der Waals surface area contributed by atoms with Crippen molar-refractivity contribution in [3.63, 3.8) is 0 Å². The molecule has 5 aromatic rings. The maximum Gasteiger partial charge on any atom is 0.251 e. The number of hydrogen-bond acceptors (Lipinski definition) is 5. The number of rotatable bonds is 7. The van der Waals surface area contributed by atoms with Gasteiger partial charge < -0.3 is 20.9 Å². The molecule has 1 amide bonds. The summed E-state index contributed by atoms with van der Waals surface area (Å²) in [6.45, 7) is 7.56. The highest BCUT2D eigenvalue weighted by atomic mass is 16.1. The first kappa shape index (κ1) is 26.6. The molecule has 3 N–H and O–H groups in total. The fraction of sp³-hybridized carbons (Fsp3) is 0.353. The Labute approximate surface area is 236 Å². The van der Waals surface area contributed by atoms with Gasteiger partial charge in [-0.3, -0.25) is 9.78 Å². The second-order valence-electron chi connectivity index (χ2n) is 11.0. The Morgan fingerprint density at radius 2 is 1.45 bits per heavy atom. The fourth-order valence-electron chi connectivity index (χ4n) is 6.03. The molecule has 4 aromatic carbocycles. The molecule has 1 aliphatic heterocycles. The van der Waals surface area contributed by atoms with E-state index in [0.717, 1.165) is 93.8 Å². The molecule has 0 atom stereocenters. The summed E-state index contributed by atoms with van der Waals surface area (Å²) >= 11 is 0. The van der Waals surface area contributed by atoms with Gasteiger partial charge in [0.2, 0.25) is 0 Å². The lowest BCUT2D eigenvalue weighted by Gasteiger charge is -2.22. The lowest BCUT2D eigenvalue weighted by Crippen LogP contribution is -2.34. The smallest absolute Gasteiger partial charge is 0.251 e. The van der Waals surface area contributed by atoms with Gasteiger partial charge in [0.15, 0.2) is 0 Å². The van der Waals surface area contributed by atoms with Gasteiger partial charge in [-0.1, -0.05) is 61.0 Å². The van der Waals surface area contributed by atoms with Gasteiger partial charge in [0.1, 0.15) is 0 Å². The SMILES string of the molecule is O=C(NCCCCCN1CCCNCc2cccc(n2)CNCC1)c1ccc2ccc3cccc4ccc1c2c34. The molecule has 206 valence electrons. The van der Waals surface area contributed by atoms with Crippen LogP contribution in [0.5, 0.6) is 0 Å². The topological polar surface area (TPSA) is 69.3 Å². The number of nitrogens with one attached hydrogen (secondary N) is 3. The van der Waals surface area contributed by atoms with Crippen LogP contribution in [0.4, 0.5) is 0 Å². The van der Waals surface area contributed by atoms with E-state index in [9.17, 15) is 4.79 Å². The molecule has 6 heteroatoms. The van der Waals surface area contributed by atoms with E-state index in [-0.39, 0.29) is 5.91 Å². The number of carbonyl (C=O) groups is 1. The second-order valence-corrected chi connectivity index (χ2v) is 11.0. The molecule has 0 saturated heterocycles. The standard InChI is InChI=1S/C34H39N5O/c40-34(31-16-14-27-12-11-25-7-4-8-26-13-15-30(31)33(27)32(25)26)37-18-2-1-3-20-39-21-6-17-35-23-28-9-5-10-29(38-28)24-36-19-22-39/h4-5,7-16,35-36H,1-3,6,17-24H2,(H,37,40). The molecular weight excluding hydrogens is 494 g/mol. The number of benzene rings is 4. The van der Waals surface area contributed by atoms with Gasteiger partial charge in [0.25, 0.3) is 5.91 Å². The van der Waals surface area contributed by atoms with E-state index in [1.165, 1.54) is 26.9 Å². The number of unbranched alkanes of at least 4 members (excludes halogenated alkanes) is 2. The molecule has 0 saturated carbocycles. The van der Waals surface area contributed by atoms with E-state index >= 15 is 0 Å². The Morgan fingerprint density at radius 3 is 2.27 bits per heavy atom. The average Bonchev–Trinajstić information content (AvgIpc) is 3.00. The maximum atomic E-state index is 13.2. The van der Waals surface area contributed by atoms with Crippen molar-refractivity contribution in [2.24, 2.45) is 0 Å². The normalized spacial score (nSPS) is 15.6. The van der Waals surface area contributed by atoms with Crippen LogP contribution in [0.1, 0.15) is 47.4 Å². The van der Waals surface area contributed by atoms with E-state index in [2.05, 4.69) is 87.6 Å². The number of aromatic nitrogens is 1. The fourth-order valence-corrected chi connectivity index (χ4v) is 6.03. The Morgan fingerprint density at radius 1 is 0.750 bits per heavy atom. The van der Waals surface area contributed by atoms with Gasteiger partial charge in [-0.05, 0) is 89.4 Å². The third-order valence-corrected chi connectivity index (χ3v) is 8.12. The molecule has 0 unspecified atom stereocenters. The number of nitrogens with zero attached hydrogens (tertiary/aromatic N) is 2. The molecular formula is C34H39N5O. The molecule has 1 aromatic heterocycles. The van der Waals surface area contributed by atoms with E-state index < -0.39 is 0 Å². The summed E-state index contributed by atoms with van der Waals surface area (Å²) in [6.07, 6.45) is 4.38. The Bertz CT molecular complexity index is 1570. The number of hydrogen-bond donors (Lipinski definition) is 3. The Kier molecular flexibility index (Phi) is 8.47. The molecule has 2 heterocycles. The van der Waals surface area contributed by atoms with Crippen molar-refractivity contribution in [2.75, 3.05) is 39.3 Å². The summed E-state index contributed by atoms with van der Waals surface area (Å²) in [6, 6.07) is 25.3. The van der Waals surface area contributed by atoms with Crippen molar-refractivity contribution in [3.05, 3.63) is 89.7 Å². The van der Waals surface area contributed by atoms with Crippen molar-refractivity contribution in [3.8, 4) is 0 Å². The first-order chi connectivity index (χ1) is 19.8. The molecule has 2 bridgehead atoms. The third-order valence-electron chi connectivity index (χ3n) is 8.12. The van der Waals surface area contributed by atoms with Crippen LogP contribution in [0.2, 0.25) is 0 Å². The minimum absolute atomic E-state index is 0.0233. The second kappa shape index (κ2) is 12.7. The summed E-state index contributed by atoms with van der Waals surface area (Å²) in [7, 11) is 0. The van der Waals surface area contributed by atoms with Gasteiger partial charge in [-0.15, -0.1) is 0 Å². The number of pyridine rings is 1. The van der Waals surface area contributed by atoms with Crippen LogP contribution in [-0.2, 0) is 13.1 Å². The summed E-state index contributed by atoms with van der Waals surface area (Å²) in [4.78, 5) is 20.5. The number of carbonyl (C=O) groups excluding carboxylic acids is 1. The van der Waals surface area contributed by atoms with Crippen molar-refractivity contribution < 1.29 is 4.79 Å². The van der Waals surface area contributed by atoms with E-state index in [4.69, 9.17) is 4.98 Å². The van der Waals surface area contributed by atoms with Crippen LogP contribution in [-0.4, -0.2) is 55.1 Å². The van der Waals surface area contributed by atoms with Crippen molar-refractivity contribution in [1.29, 1.82) is 0 Å². The van der Waals surface area contributed by atoms with E-state index in [1.54, 1.807) is 0 Å². The van der Waals surface area contributed by atoms with Crippen LogP contribution < -0.4 is 16.0 Å². The lowest BCUT2D eigenvalue weighted by molar-refractivity contribution is 0.0954. The van der Waals surface area contributed by atoms with Crippen LogP contribution in [0.15, 0.2) is 72.8 Å². The predicted molar refractivity (Wildman–Crippen MR) is 165 cm³/mol. The number of fused-ring (bicyclic) bond motifs is 2. The van der Waals surface area contributed by atoms with Crippen molar-refractivity contribution in [1.82, 2.24) is 25.8 Å². The Balaban J connectivity index is 0.980. The monoisotopic (exact) mass is 533 g/mol. The zero-order valence-corrected chi connectivity index (χ0v) is 23.2. The van der Waals surface area contributed by atoms with Gasteiger partial charge in [-0.25, -0.2) is 0 Å². The number of amides is 1. The quantitative estimate of drug-likeness (QED) is 0.191. The molecule has 1 aliphatic rings. The molecule has 0 spiro atoms. The molecule has 0 radical (unpaired) electrons. The predicted octanol–water partition coefficient (Wildman–Crippen LogP) is 5.46. The van der Waals surface area contributed by atoms with Crippen molar-refractivity contribution in [2.45, 2.75) is 38.8 Å². The average molecular weight is 534 g/mol. The Hall–Kier alpha value is -3.58. The summed E-state index contributed by atoms with van der Waals surface area (Å²) in [5.74, 6) is 0.0233. The van der Waals surface area contributed by atoms with Crippen LogP contribution in [0, 0.1) is 0 Å². The molecule has 6 nitrogen and oxygen atoms in total. The minimum Gasteiger partial charge on any atom is -0.352 e. The highest BCUT2D eigenvalue weighted by Gasteiger charge is 2.15. The molecule has 0 fully saturated rings. The largest absolute Gasteiger partial charge is 0.352 e. The zero-order valence-electron chi connectivity index (χ0n) is 23.2. The molecule has 0 aliphatic carbocycles. The van der Waals surface area contributed by atoms with Crippen LogP contribution >= 0.6 is 0 Å². The molecule has 6 rings (SSSR count). The van der Waals surface area contributed by atoms with Crippen LogP contribution in [0.25, 0.3) is 32.3 Å².